The van der Waals surface area contributed by atoms with Gasteiger partial charge in [-0.05, 0) is 38.4 Å². The van der Waals surface area contributed by atoms with Crippen LogP contribution in [0.5, 0.6) is 0 Å². The average molecular weight is 334 g/mol. The van der Waals surface area contributed by atoms with Crippen molar-refractivity contribution in [3.8, 4) is 0 Å². The Bertz CT molecular complexity index is 659. The molecule has 0 saturated carbocycles. The molecule has 0 unspecified atom stereocenters. The van der Waals surface area contributed by atoms with Crippen molar-refractivity contribution < 1.29 is 9.90 Å². The minimum atomic E-state index is -0.937. The third-order valence-corrected chi connectivity index (χ3v) is 5.22. The Kier molecular flexibility index (Phi) is 5.07. The summed E-state index contributed by atoms with van der Waals surface area (Å²) in [6, 6.07) is 2.10. The zero-order valence-corrected chi connectivity index (χ0v) is 14.1. The van der Waals surface area contributed by atoms with Crippen LogP contribution in [0, 0.1) is 0 Å². The number of aromatic carboxylic acids is 1. The molecule has 23 heavy (non-hydrogen) atoms. The number of hydrogen-bond donors (Lipinski definition) is 1. The summed E-state index contributed by atoms with van der Waals surface area (Å²) in [6.07, 6.45) is 5.21. The van der Waals surface area contributed by atoms with Crippen molar-refractivity contribution in [3.05, 3.63) is 34.0 Å². The first-order valence-electron chi connectivity index (χ1n) is 8.09. The monoisotopic (exact) mass is 334 g/mol. The fourth-order valence-electron chi connectivity index (χ4n) is 2.98. The van der Waals surface area contributed by atoms with E-state index in [2.05, 4.69) is 34.2 Å². The molecule has 124 valence electrons. The Balaban J connectivity index is 1.52. The van der Waals surface area contributed by atoms with Crippen molar-refractivity contribution in [2.45, 2.75) is 45.2 Å². The van der Waals surface area contributed by atoms with Gasteiger partial charge in [-0.25, -0.2) is 9.78 Å². The molecule has 1 aliphatic heterocycles. The summed E-state index contributed by atoms with van der Waals surface area (Å²) in [5.74, 6) is -0.547. The highest BCUT2D eigenvalue weighted by atomic mass is 32.1. The van der Waals surface area contributed by atoms with Gasteiger partial charge in [0.25, 0.3) is 0 Å². The number of likely N-dealkylation sites (tertiary alicyclic amines) is 1. The van der Waals surface area contributed by atoms with Gasteiger partial charge in [0.2, 0.25) is 0 Å². The van der Waals surface area contributed by atoms with Gasteiger partial charge < -0.3 is 5.11 Å². The second kappa shape index (κ2) is 7.23. The molecular formula is C16H22N4O2S. The lowest BCUT2D eigenvalue weighted by atomic mass is 9.97. The Morgan fingerprint density at radius 2 is 2.22 bits per heavy atom. The van der Waals surface area contributed by atoms with Crippen LogP contribution in [0.2, 0.25) is 0 Å². The topological polar surface area (TPSA) is 71.2 Å². The van der Waals surface area contributed by atoms with E-state index in [9.17, 15) is 4.79 Å². The number of carboxylic acid groups (broad SMARTS) is 1. The lowest BCUT2D eigenvalue weighted by Gasteiger charge is -2.30. The molecule has 7 heteroatoms. The molecule has 0 atom stereocenters. The maximum absolute atomic E-state index is 10.9. The maximum Gasteiger partial charge on any atom is 0.355 e. The molecule has 3 rings (SSSR count). The molecule has 6 nitrogen and oxygen atoms in total. The first-order valence-corrected chi connectivity index (χ1v) is 8.97. The predicted molar refractivity (Wildman–Crippen MR) is 88.8 cm³/mol. The second-order valence-corrected chi connectivity index (χ2v) is 6.89. The fourth-order valence-corrected chi connectivity index (χ4v) is 3.95. The van der Waals surface area contributed by atoms with Crippen LogP contribution in [0.25, 0.3) is 0 Å². The molecule has 1 saturated heterocycles. The van der Waals surface area contributed by atoms with Crippen LogP contribution in [0.15, 0.2) is 17.6 Å². The van der Waals surface area contributed by atoms with E-state index in [-0.39, 0.29) is 5.69 Å². The van der Waals surface area contributed by atoms with Crippen molar-refractivity contribution in [2.24, 2.45) is 0 Å². The molecular weight excluding hydrogens is 312 g/mol. The van der Waals surface area contributed by atoms with E-state index in [1.165, 1.54) is 11.3 Å². The standard InChI is InChI=1S/C16H22N4O2S/c1-2-6-20-9-5-13(18-20)10-19-7-3-12(4-8-19)15-17-14(11-23-15)16(21)22/h5,9,11-12H,2-4,6-8,10H2,1H3,(H,21,22). The van der Waals surface area contributed by atoms with Crippen LogP contribution >= 0.6 is 11.3 Å². The lowest BCUT2D eigenvalue weighted by Crippen LogP contribution is -2.32. The van der Waals surface area contributed by atoms with E-state index < -0.39 is 5.97 Å². The highest BCUT2D eigenvalue weighted by Gasteiger charge is 2.24. The van der Waals surface area contributed by atoms with Crippen LogP contribution in [0.3, 0.4) is 0 Å². The van der Waals surface area contributed by atoms with E-state index in [4.69, 9.17) is 5.11 Å². The number of carboxylic acids is 1. The molecule has 0 aliphatic carbocycles. The molecule has 0 amide bonds. The number of hydrogen-bond acceptors (Lipinski definition) is 5. The van der Waals surface area contributed by atoms with Gasteiger partial charge in [0.1, 0.15) is 0 Å². The molecule has 0 spiro atoms. The molecule has 1 fully saturated rings. The summed E-state index contributed by atoms with van der Waals surface area (Å²) in [5.41, 5.74) is 1.30. The van der Waals surface area contributed by atoms with Crippen LogP contribution in [0.1, 0.15) is 53.3 Å². The van der Waals surface area contributed by atoms with Gasteiger partial charge in [0.05, 0.1) is 10.7 Å². The van der Waals surface area contributed by atoms with Crippen molar-refractivity contribution in [1.82, 2.24) is 19.7 Å². The molecule has 0 bridgehead atoms. The summed E-state index contributed by atoms with van der Waals surface area (Å²) in [5, 5.41) is 16.2. The number of aryl methyl sites for hydroxylation is 1. The Morgan fingerprint density at radius 3 is 2.87 bits per heavy atom. The SMILES string of the molecule is CCCn1ccc(CN2CCC(c3nc(C(=O)O)cs3)CC2)n1. The number of piperidine rings is 1. The lowest BCUT2D eigenvalue weighted by molar-refractivity contribution is 0.0691. The quantitative estimate of drug-likeness (QED) is 0.879. The maximum atomic E-state index is 10.9. The number of aromatic nitrogens is 3. The third-order valence-electron chi connectivity index (χ3n) is 4.21. The highest BCUT2D eigenvalue weighted by molar-refractivity contribution is 7.09. The number of rotatable bonds is 6. The van der Waals surface area contributed by atoms with Crippen LogP contribution < -0.4 is 0 Å². The zero-order valence-electron chi connectivity index (χ0n) is 13.3. The van der Waals surface area contributed by atoms with Gasteiger partial charge in [0, 0.05) is 30.6 Å². The molecule has 1 N–H and O–H groups in total. The smallest absolute Gasteiger partial charge is 0.355 e. The zero-order chi connectivity index (χ0) is 16.2. The third kappa shape index (κ3) is 3.97. The molecule has 1 aliphatic rings. The van der Waals surface area contributed by atoms with E-state index >= 15 is 0 Å². The predicted octanol–water partition coefficient (Wildman–Crippen LogP) is 2.83. The molecule has 0 radical (unpaired) electrons. The fraction of sp³-hybridized carbons (Fsp3) is 0.562. The van der Waals surface area contributed by atoms with Gasteiger partial charge >= 0.3 is 5.97 Å². The van der Waals surface area contributed by atoms with Gasteiger partial charge in [0.15, 0.2) is 5.69 Å². The Morgan fingerprint density at radius 1 is 1.43 bits per heavy atom. The first kappa shape index (κ1) is 16.1. The van der Waals surface area contributed by atoms with Crippen molar-refractivity contribution in [2.75, 3.05) is 13.1 Å². The van der Waals surface area contributed by atoms with E-state index in [0.29, 0.717) is 5.92 Å². The highest BCUT2D eigenvalue weighted by Crippen LogP contribution is 2.30. The first-order chi connectivity index (χ1) is 11.2. The van der Waals surface area contributed by atoms with Gasteiger partial charge in [-0.3, -0.25) is 9.58 Å². The average Bonchev–Trinajstić information content (AvgIpc) is 3.18. The molecule has 2 aromatic heterocycles. The van der Waals surface area contributed by atoms with Crippen molar-refractivity contribution >= 4 is 17.3 Å². The van der Waals surface area contributed by atoms with Crippen LogP contribution in [0.4, 0.5) is 0 Å². The summed E-state index contributed by atoms with van der Waals surface area (Å²) >= 11 is 1.47. The van der Waals surface area contributed by atoms with Crippen LogP contribution in [-0.4, -0.2) is 43.8 Å². The normalized spacial score (nSPS) is 16.7. The molecule has 0 aromatic carbocycles. The molecule has 2 aromatic rings. The Labute approximate surface area is 139 Å². The second-order valence-electron chi connectivity index (χ2n) is 6.00. The van der Waals surface area contributed by atoms with Gasteiger partial charge in [-0.2, -0.15) is 5.10 Å². The summed E-state index contributed by atoms with van der Waals surface area (Å²) in [4.78, 5) is 17.6. The summed E-state index contributed by atoms with van der Waals surface area (Å²) in [7, 11) is 0. The van der Waals surface area contributed by atoms with Crippen molar-refractivity contribution in [1.29, 1.82) is 0 Å². The minimum Gasteiger partial charge on any atom is -0.476 e. The summed E-state index contributed by atoms with van der Waals surface area (Å²) < 4.78 is 2.01. The largest absolute Gasteiger partial charge is 0.476 e. The van der Waals surface area contributed by atoms with Crippen molar-refractivity contribution in [3.63, 3.8) is 0 Å². The van der Waals surface area contributed by atoms with Gasteiger partial charge in [-0.1, -0.05) is 6.92 Å². The Hall–Kier alpha value is -1.73. The minimum absolute atomic E-state index is 0.175. The van der Waals surface area contributed by atoms with E-state index in [1.807, 2.05) is 4.68 Å². The number of carbonyl (C=O) groups is 1. The summed E-state index contributed by atoms with van der Waals surface area (Å²) in [6.45, 7) is 6.03. The van der Waals surface area contributed by atoms with E-state index in [1.54, 1.807) is 5.38 Å². The van der Waals surface area contributed by atoms with Gasteiger partial charge in [-0.15, -0.1) is 11.3 Å². The number of nitrogens with zero attached hydrogens (tertiary/aromatic N) is 4. The van der Waals surface area contributed by atoms with E-state index in [0.717, 1.165) is 56.1 Å². The molecule has 3 heterocycles. The van der Waals surface area contributed by atoms with Crippen LogP contribution in [-0.2, 0) is 13.1 Å². The number of thiazole rings is 1.